The second-order valence-corrected chi connectivity index (χ2v) is 6.77. The van der Waals surface area contributed by atoms with Crippen LogP contribution in [-0.2, 0) is 14.3 Å². The van der Waals surface area contributed by atoms with Crippen molar-refractivity contribution in [1.82, 2.24) is 10.2 Å². The molecule has 1 aromatic carbocycles. The lowest BCUT2D eigenvalue weighted by atomic mass is 9.91. The van der Waals surface area contributed by atoms with Crippen molar-refractivity contribution < 1.29 is 23.1 Å². The lowest BCUT2D eigenvalue weighted by molar-refractivity contribution is -0.145. The molecule has 25 heavy (non-hydrogen) atoms. The highest BCUT2D eigenvalue weighted by Gasteiger charge is 2.47. The van der Waals surface area contributed by atoms with Gasteiger partial charge in [0.25, 0.3) is 0 Å². The van der Waals surface area contributed by atoms with E-state index < -0.39 is 35.6 Å². The molecule has 1 amide bonds. The minimum Gasteiger partial charge on any atom is -0.468 e. The zero-order valence-corrected chi connectivity index (χ0v) is 14.9. The van der Waals surface area contributed by atoms with Crippen molar-refractivity contribution in [2.75, 3.05) is 20.7 Å². The summed E-state index contributed by atoms with van der Waals surface area (Å²) in [7, 11) is 2.88. The highest BCUT2D eigenvalue weighted by atomic mass is 19.2. The van der Waals surface area contributed by atoms with Gasteiger partial charge in [0.05, 0.1) is 13.0 Å². The zero-order chi connectivity index (χ0) is 18.7. The fourth-order valence-electron chi connectivity index (χ4n) is 3.28. The van der Waals surface area contributed by atoms with Crippen molar-refractivity contribution >= 4 is 11.9 Å². The third-order valence-electron chi connectivity index (χ3n) is 4.58. The van der Waals surface area contributed by atoms with E-state index >= 15 is 0 Å². The Labute approximate surface area is 146 Å². The number of esters is 1. The van der Waals surface area contributed by atoms with E-state index in [4.69, 9.17) is 4.74 Å². The van der Waals surface area contributed by atoms with Gasteiger partial charge in [0.15, 0.2) is 11.6 Å². The number of methoxy groups -OCH3 is 1. The summed E-state index contributed by atoms with van der Waals surface area (Å²) in [6.45, 7) is 4.39. The molecule has 0 aliphatic carbocycles. The normalized spacial score (nSPS) is 23.7. The number of likely N-dealkylation sites (N-methyl/N-ethyl adjacent to an activating group) is 1. The van der Waals surface area contributed by atoms with Crippen LogP contribution in [0.3, 0.4) is 0 Å². The Morgan fingerprint density at radius 2 is 2.04 bits per heavy atom. The van der Waals surface area contributed by atoms with E-state index in [1.807, 2.05) is 13.8 Å². The topological polar surface area (TPSA) is 58.6 Å². The third kappa shape index (κ3) is 3.98. The van der Waals surface area contributed by atoms with Crippen molar-refractivity contribution in [3.63, 3.8) is 0 Å². The monoisotopic (exact) mass is 354 g/mol. The van der Waals surface area contributed by atoms with Crippen LogP contribution in [0.4, 0.5) is 8.78 Å². The lowest BCUT2D eigenvalue weighted by Crippen LogP contribution is -2.37. The Kier molecular flexibility index (Phi) is 6.11. The van der Waals surface area contributed by atoms with E-state index in [1.165, 1.54) is 19.2 Å². The first kappa shape index (κ1) is 19.3. The number of nitrogens with one attached hydrogen (secondary N) is 1. The number of hydrogen-bond acceptors (Lipinski definition) is 4. The number of ether oxygens (including phenoxy) is 1. The van der Waals surface area contributed by atoms with Gasteiger partial charge in [-0.05, 0) is 25.5 Å². The summed E-state index contributed by atoms with van der Waals surface area (Å²) in [5.74, 6) is -3.17. The molecule has 1 N–H and O–H groups in total. The molecule has 1 aliphatic rings. The summed E-state index contributed by atoms with van der Waals surface area (Å²) in [5, 5.41) is 2.82. The van der Waals surface area contributed by atoms with Crippen LogP contribution in [0.15, 0.2) is 18.2 Å². The van der Waals surface area contributed by atoms with Crippen LogP contribution in [0.1, 0.15) is 31.9 Å². The van der Waals surface area contributed by atoms with Crippen LogP contribution < -0.4 is 5.32 Å². The summed E-state index contributed by atoms with van der Waals surface area (Å²) >= 11 is 0. The molecule has 1 fully saturated rings. The highest BCUT2D eigenvalue weighted by Crippen LogP contribution is 2.41. The Bertz CT molecular complexity index is 651. The van der Waals surface area contributed by atoms with Crippen molar-refractivity contribution in [2.24, 2.45) is 11.8 Å². The van der Waals surface area contributed by atoms with E-state index in [0.717, 1.165) is 6.07 Å². The smallest absolute Gasteiger partial charge is 0.323 e. The molecule has 1 saturated heterocycles. The number of benzene rings is 1. The second kappa shape index (κ2) is 7.91. The minimum atomic E-state index is -0.994. The fraction of sp³-hybridized carbons (Fsp3) is 0.556. The molecular weight excluding hydrogens is 330 g/mol. The first-order valence-corrected chi connectivity index (χ1v) is 8.29. The van der Waals surface area contributed by atoms with Crippen LogP contribution in [0, 0.1) is 23.5 Å². The van der Waals surface area contributed by atoms with Crippen molar-refractivity contribution in [3.8, 4) is 0 Å². The van der Waals surface area contributed by atoms with Gasteiger partial charge >= 0.3 is 5.97 Å². The largest absolute Gasteiger partial charge is 0.468 e. The van der Waals surface area contributed by atoms with Gasteiger partial charge in [-0.25, -0.2) is 8.78 Å². The number of likely N-dealkylation sites (tertiary alicyclic amines) is 1. The van der Waals surface area contributed by atoms with E-state index in [0.29, 0.717) is 6.54 Å². The third-order valence-corrected chi connectivity index (χ3v) is 4.58. The maximum Gasteiger partial charge on any atom is 0.323 e. The highest BCUT2D eigenvalue weighted by molar-refractivity contribution is 5.83. The first-order chi connectivity index (χ1) is 11.8. The quantitative estimate of drug-likeness (QED) is 0.824. The van der Waals surface area contributed by atoms with E-state index in [2.05, 4.69) is 5.32 Å². The van der Waals surface area contributed by atoms with Gasteiger partial charge in [0, 0.05) is 18.2 Å². The molecule has 2 rings (SSSR count). The Morgan fingerprint density at radius 1 is 1.36 bits per heavy atom. The standard InChI is InChI=1S/C18H24F2N2O3/c1-10(2)9-21-17(23)12-8-14(18(24)25-4)22(3)16(12)11-6-5-7-13(19)15(11)20/h5-7,10,12,14,16H,8-9H2,1-4H3,(H,21,23)/t12-,14-,16-/m0/s1. The van der Waals surface area contributed by atoms with Crippen molar-refractivity contribution in [1.29, 1.82) is 0 Å². The van der Waals surface area contributed by atoms with Crippen molar-refractivity contribution in [3.05, 3.63) is 35.4 Å². The van der Waals surface area contributed by atoms with Crippen molar-refractivity contribution in [2.45, 2.75) is 32.4 Å². The molecule has 1 aliphatic heterocycles. The minimum absolute atomic E-state index is 0.0681. The van der Waals surface area contributed by atoms with Gasteiger partial charge < -0.3 is 10.1 Å². The van der Waals surface area contributed by atoms with Gasteiger partial charge in [-0.1, -0.05) is 26.0 Å². The van der Waals surface area contributed by atoms with Gasteiger partial charge in [0.1, 0.15) is 6.04 Å². The molecular formula is C18H24F2N2O3. The summed E-state index contributed by atoms with van der Waals surface area (Å²) in [4.78, 5) is 26.2. The Hall–Kier alpha value is -2.02. The number of carbonyl (C=O) groups is 2. The maximum atomic E-state index is 14.3. The molecule has 0 aromatic heterocycles. The molecule has 0 unspecified atom stereocenters. The number of hydrogen-bond donors (Lipinski definition) is 1. The van der Waals surface area contributed by atoms with Crippen LogP contribution in [0.25, 0.3) is 0 Å². The average molecular weight is 354 g/mol. The predicted octanol–water partition coefficient (Wildman–Crippen LogP) is 2.27. The molecule has 1 heterocycles. The Morgan fingerprint density at radius 3 is 2.64 bits per heavy atom. The van der Waals surface area contributed by atoms with E-state index in [-0.39, 0.29) is 23.8 Å². The molecule has 3 atom stereocenters. The fourth-order valence-corrected chi connectivity index (χ4v) is 3.28. The number of halogens is 2. The number of amides is 1. The summed E-state index contributed by atoms with van der Waals surface area (Å²) in [6.07, 6.45) is 0.188. The lowest BCUT2D eigenvalue weighted by Gasteiger charge is -2.27. The molecule has 7 heteroatoms. The number of nitrogens with zero attached hydrogens (tertiary/aromatic N) is 1. The molecule has 0 bridgehead atoms. The zero-order valence-electron chi connectivity index (χ0n) is 14.9. The molecule has 0 radical (unpaired) electrons. The average Bonchev–Trinajstić information content (AvgIpc) is 2.92. The summed E-state index contributed by atoms with van der Waals surface area (Å²) in [6, 6.07) is 2.44. The second-order valence-electron chi connectivity index (χ2n) is 6.77. The SMILES string of the molecule is COC(=O)[C@@H]1C[C@H](C(=O)NCC(C)C)[C@H](c2cccc(F)c2F)N1C. The summed E-state index contributed by atoms with van der Waals surface area (Å²) in [5.41, 5.74) is 0.0681. The van der Waals surface area contributed by atoms with Gasteiger partial charge in [-0.3, -0.25) is 14.5 Å². The van der Waals surface area contributed by atoms with Crippen LogP contribution >= 0.6 is 0 Å². The van der Waals surface area contributed by atoms with E-state index in [9.17, 15) is 18.4 Å². The predicted molar refractivity (Wildman–Crippen MR) is 88.6 cm³/mol. The molecule has 138 valence electrons. The Balaban J connectivity index is 2.38. The van der Waals surface area contributed by atoms with E-state index in [1.54, 1.807) is 11.9 Å². The summed E-state index contributed by atoms with van der Waals surface area (Å²) < 4.78 is 32.8. The number of carbonyl (C=O) groups excluding carboxylic acids is 2. The molecule has 1 aromatic rings. The van der Waals surface area contributed by atoms with Gasteiger partial charge in [0.2, 0.25) is 5.91 Å². The van der Waals surface area contributed by atoms with Gasteiger partial charge in [-0.15, -0.1) is 0 Å². The van der Waals surface area contributed by atoms with Crippen LogP contribution in [0.2, 0.25) is 0 Å². The van der Waals surface area contributed by atoms with Crippen LogP contribution in [-0.4, -0.2) is 43.5 Å². The molecule has 0 spiro atoms. The van der Waals surface area contributed by atoms with Crippen LogP contribution in [0.5, 0.6) is 0 Å². The number of rotatable bonds is 5. The molecule has 5 nitrogen and oxygen atoms in total. The van der Waals surface area contributed by atoms with Gasteiger partial charge in [-0.2, -0.15) is 0 Å². The maximum absolute atomic E-state index is 14.3. The first-order valence-electron chi connectivity index (χ1n) is 8.29. The molecule has 0 saturated carbocycles.